The normalized spacial score (nSPS) is 20.2. The molecule has 126 valence electrons. The van der Waals surface area contributed by atoms with E-state index in [1.807, 2.05) is 0 Å². The van der Waals surface area contributed by atoms with Gasteiger partial charge in [-0.2, -0.15) is 5.26 Å². The molecule has 0 amide bonds. The molecule has 1 aromatic carbocycles. The van der Waals surface area contributed by atoms with Crippen molar-refractivity contribution in [2.75, 3.05) is 6.54 Å². The first-order valence-corrected chi connectivity index (χ1v) is 7.76. The molecule has 0 saturated heterocycles. The summed E-state index contributed by atoms with van der Waals surface area (Å²) in [6, 6.07) is 7.20. The maximum atomic E-state index is 14.7. The van der Waals surface area contributed by atoms with E-state index in [9.17, 15) is 19.2 Å². The van der Waals surface area contributed by atoms with Crippen LogP contribution in [0.2, 0.25) is 0 Å². The molecule has 1 N–H and O–H groups in total. The molecule has 6 heteroatoms. The van der Waals surface area contributed by atoms with Gasteiger partial charge in [0.05, 0.1) is 11.1 Å². The SMILES string of the molecule is CC(=O)/C1=C/NCCc2c(oc3c(C#N)cccc23)/C(C)=C(\F)C1=O. The molecule has 0 unspecified atom stereocenters. The number of benzene rings is 1. The number of furan rings is 1. The summed E-state index contributed by atoms with van der Waals surface area (Å²) >= 11 is 0. The average molecular weight is 338 g/mol. The van der Waals surface area contributed by atoms with Crippen molar-refractivity contribution in [2.24, 2.45) is 0 Å². The van der Waals surface area contributed by atoms with Crippen molar-refractivity contribution in [3.8, 4) is 6.07 Å². The summed E-state index contributed by atoms with van der Waals surface area (Å²) in [6.45, 7) is 3.08. The molecule has 0 fully saturated rings. The van der Waals surface area contributed by atoms with Crippen LogP contribution in [0.1, 0.15) is 30.7 Å². The lowest BCUT2D eigenvalue weighted by Gasteiger charge is -2.10. The fraction of sp³-hybridized carbons (Fsp3) is 0.211. The van der Waals surface area contributed by atoms with Gasteiger partial charge in [-0.15, -0.1) is 0 Å². The molecule has 0 saturated carbocycles. The zero-order valence-corrected chi connectivity index (χ0v) is 13.8. The first-order chi connectivity index (χ1) is 12.0. The third-order valence-corrected chi connectivity index (χ3v) is 4.20. The highest BCUT2D eigenvalue weighted by Gasteiger charge is 2.26. The summed E-state index contributed by atoms with van der Waals surface area (Å²) in [6.07, 6.45) is 1.74. The second kappa shape index (κ2) is 6.36. The van der Waals surface area contributed by atoms with Crippen LogP contribution in [0.3, 0.4) is 0 Å². The number of fused-ring (bicyclic) bond motifs is 3. The van der Waals surface area contributed by atoms with Crippen molar-refractivity contribution < 1.29 is 18.4 Å². The summed E-state index contributed by atoms with van der Waals surface area (Å²) in [5, 5.41) is 12.8. The highest BCUT2D eigenvalue weighted by Crippen LogP contribution is 2.35. The van der Waals surface area contributed by atoms with Gasteiger partial charge in [0.1, 0.15) is 11.8 Å². The van der Waals surface area contributed by atoms with E-state index in [-0.39, 0.29) is 16.9 Å². The van der Waals surface area contributed by atoms with Crippen molar-refractivity contribution in [2.45, 2.75) is 20.3 Å². The number of nitrogens with one attached hydrogen (secondary N) is 1. The number of carbonyl (C=O) groups excluding carboxylic acids is 2. The van der Waals surface area contributed by atoms with Gasteiger partial charge in [-0.05, 0) is 26.3 Å². The van der Waals surface area contributed by atoms with Crippen LogP contribution in [0.25, 0.3) is 16.5 Å². The van der Waals surface area contributed by atoms with E-state index in [1.54, 1.807) is 18.2 Å². The predicted octanol–water partition coefficient (Wildman–Crippen LogP) is 3.19. The van der Waals surface area contributed by atoms with Crippen molar-refractivity contribution >= 4 is 28.1 Å². The van der Waals surface area contributed by atoms with Crippen LogP contribution in [-0.2, 0) is 16.0 Å². The number of rotatable bonds is 1. The van der Waals surface area contributed by atoms with E-state index in [0.717, 1.165) is 5.56 Å². The first kappa shape index (κ1) is 16.7. The Labute approximate surface area is 143 Å². The largest absolute Gasteiger partial charge is 0.455 e. The van der Waals surface area contributed by atoms with Crippen molar-refractivity contribution in [1.82, 2.24) is 5.32 Å². The van der Waals surface area contributed by atoms with Gasteiger partial charge in [-0.25, -0.2) is 4.39 Å². The zero-order valence-electron chi connectivity index (χ0n) is 13.8. The fourth-order valence-electron chi connectivity index (χ4n) is 2.90. The molecule has 1 aliphatic heterocycles. The Morgan fingerprint density at radius 3 is 2.84 bits per heavy atom. The number of hydrogen-bond acceptors (Lipinski definition) is 5. The number of Topliss-reactive ketones (excluding diaryl/α,β-unsaturated/α-hetero) is 2. The summed E-state index contributed by atoms with van der Waals surface area (Å²) < 4.78 is 20.5. The zero-order chi connectivity index (χ0) is 18.1. The maximum absolute atomic E-state index is 14.7. The molecule has 0 bridgehead atoms. The quantitative estimate of drug-likeness (QED) is 0.807. The van der Waals surface area contributed by atoms with Crippen molar-refractivity contribution in [3.05, 3.63) is 52.7 Å². The molecule has 5 nitrogen and oxygen atoms in total. The second-order valence-corrected chi connectivity index (χ2v) is 5.79. The lowest BCUT2D eigenvalue weighted by molar-refractivity contribution is -0.119. The van der Waals surface area contributed by atoms with Gasteiger partial charge in [-0.3, -0.25) is 9.59 Å². The van der Waals surface area contributed by atoms with Crippen LogP contribution < -0.4 is 5.32 Å². The maximum Gasteiger partial charge on any atom is 0.226 e. The van der Waals surface area contributed by atoms with Crippen molar-refractivity contribution in [1.29, 1.82) is 5.26 Å². The van der Waals surface area contributed by atoms with E-state index in [1.165, 1.54) is 20.0 Å². The molecule has 2 heterocycles. The number of carbonyl (C=O) groups is 2. The fourth-order valence-corrected chi connectivity index (χ4v) is 2.90. The number of para-hydroxylation sites is 1. The van der Waals surface area contributed by atoms with Crippen LogP contribution in [0.15, 0.2) is 40.2 Å². The molecule has 0 radical (unpaired) electrons. The van der Waals surface area contributed by atoms with Gasteiger partial charge in [0.15, 0.2) is 17.2 Å². The Morgan fingerprint density at radius 2 is 2.16 bits per heavy atom. The van der Waals surface area contributed by atoms with E-state index in [0.29, 0.717) is 29.5 Å². The highest BCUT2D eigenvalue weighted by atomic mass is 19.1. The minimum Gasteiger partial charge on any atom is -0.455 e. The third-order valence-electron chi connectivity index (χ3n) is 4.20. The number of hydrogen-bond donors (Lipinski definition) is 1. The summed E-state index contributed by atoms with van der Waals surface area (Å²) in [5.74, 6) is -2.30. The van der Waals surface area contributed by atoms with Gasteiger partial charge < -0.3 is 9.73 Å². The minimum absolute atomic E-state index is 0.0224. The van der Waals surface area contributed by atoms with Crippen molar-refractivity contribution in [3.63, 3.8) is 0 Å². The molecule has 2 aromatic rings. The lowest BCUT2D eigenvalue weighted by atomic mass is 9.98. The van der Waals surface area contributed by atoms with Crippen LogP contribution >= 0.6 is 0 Å². The van der Waals surface area contributed by atoms with E-state index in [2.05, 4.69) is 11.4 Å². The van der Waals surface area contributed by atoms with Crippen LogP contribution in [0.4, 0.5) is 4.39 Å². The minimum atomic E-state index is -1.04. The van der Waals surface area contributed by atoms with Crippen LogP contribution in [0, 0.1) is 11.3 Å². The number of allylic oxidation sites excluding steroid dienone is 3. The number of ketones is 2. The molecule has 0 spiro atoms. The molecular weight excluding hydrogens is 323 g/mol. The average Bonchev–Trinajstić information content (AvgIpc) is 2.97. The Kier molecular flexibility index (Phi) is 4.24. The Hall–Kier alpha value is -3.20. The Morgan fingerprint density at radius 1 is 1.40 bits per heavy atom. The number of nitriles is 1. The monoisotopic (exact) mass is 338 g/mol. The topological polar surface area (TPSA) is 83.1 Å². The molecule has 0 atom stereocenters. The molecule has 0 aliphatic carbocycles. The molecular formula is C19H15FN2O3. The van der Waals surface area contributed by atoms with Gasteiger partial charge in [0.25, 0.3) is 0 Å². The summed E-state index contributed by atoms with van der Waals surface area (Å²) in [4.78, 5) is 23.9. The number of nitrogens with zero attached hydrogens (tertiary/aromatic N) is 1. The lowest BCUT2D eigenvalue weighted by Crippen LogP contribution is -2.19. The van der Waals surface area contributed by atoms with Crippen LogP contribution in [0.5, 0.6) is 0 Å². The van der Waals surface area contributed by atoms with Gasteiger partial charge in [0, 0.05) is 29.3 Å². The van der Waals surface area contributed by atoms with E-state index >= 15 is 0 Å². The standard InChI is InChI=1S/C19H15FN2O3/c1-10-16(20)17(24)15(11(2)23)9-22-7-6-14-13-5-3-4-12(8-21)19(13)25-18(10)14/h3-5,9,22H,6-7H2,1-2H3/b15-9-,16-10-. The van der Waals surface area contributed by atoms with Crippen LogP contribution in [-0.4, -0.2) is 18.1 Å². The molecule has 25 heavy (non-hydrogen) atoms. The van der Waals surface area contributed by atoms with E-state index < -0.39 is 17.4 Å². The smallest absolute Gasteiger partial charge is 0.226 e. The Bertz CT molecular complexity index is 1010. The summed E-state index contributed by atoms with van der Waals surface area (Å²) in [7, 11) is 0. The summed E-state index contributed by atoms with van der Waals surface area (Å²) in [5.41, 5.74) is 1.21. The molecule has 3 rings (SSSR count). The predicted molar refractivity (Wildman–Crippen MR) is 90.1 cm³/mol. The second-order valence-electron chi connectivity index (χ2n) is 5.79. The van der Waals surface area contributed by atoms with E-state index in [4.69, 9.17) is 4.42 Å². The van der Waals surface area contributed by atoms with Gasteiger partial charge in [-0.1, -0.05) is 12.1 Å². The Balaban J connectivity index is 2.28. The van der Waals surface area contributed by atoms with Gasteiger partial charge >= 0.3 is 0 Å². The highest BCUT2D eigenvalue weighted by molar-refractivity contribution is 6.26. The third kappa shape index (κ3) is 2.74. The first-order valence-electron chi connectivity index (χ1n) is 7.76. The van der Waals surface area contributed by atoms with Gasteiger partial charge in [0.2, 0.25) is 5.78 Å². The number of halogens is 1. The molecule has 1 aromatic heterocycles. The molecule has 1 aliphatic rings.